The Kier molecular flexibility index (Phi) is 15.1. The van der Waals surface area contributed by atoms with Crippen LogP contribution in [-0.2, 0) is 18.6 Å². The van der Waals surface area contributed by atoms with Crippen LogP contribution in [0.2, 0.25) is 0 Å². The molecule has 0 spiro atoms. The van der Waals surface area contributed by atoms with Crippen LogP contribution in [0.1, 0.15) is 199 Å². The first-order valence-electron chi connectivity index (χ1n) is 25.0. The molecule has 5 saturated carbocycles. The first-order valence-corrected chi connectivity index (χ1v) is 26.2. The molecule has 1 N–H and O–H groups in total. The van der Waals surface area contributed by atoms with Crippen LogP contribution in [0.15, 0.2) is 0 Å². The van der Waals surface area contributed by atoms with Gasteiger partial charge >= 0.3 is 6.09 Å². The lowest BCUT2D eigenvalue weighted by Crippen LogP contribution is -2.68. The van der Waals surface area contributed by atoms with Crippen LogP contribution in [0.5, 0.6) is 0 Å². The smallest absolute Gasteiger partial charge is 0.407 e. The van der Waals surface area contributed by atoms with Gasteiger partial charge in [0.15, 0.2) is 0 Å². The zero-order chi connectivity index (χ0) is 44.8. The lowest BCUT2D eigenvalue weighted by Gasteiger charge is -2.75. The van der Waals surface area contributed by atoms with Crippen LogP contribution in [0.25, 0.3) is 0 Å². The van der Waals surface area contributed by atoms with Crippen molar-refractivity contribution in [3.8, 4) is 6.07 Å². The van der Waals surface area contributed by atoms with E-state index in [1.165, 1.54) is 57.8 Å². The maximum atomic E-state index is 13.3. The minimum absolute atomic E-state index is 0.0435. The highest BCUT2D eigenvalue weighted by atomic mass is 31.2. The lowest BCUT2D eigenvalue weighted by atomic mass is 9.30. The third-order valence-electron chi connectivity index (χ3n) is 19.3. The predicted molar refractivity (Wildman–Crippen MR) is 247 cm³/mol. The molecular weight excluding hydrogens is 780 g/mol. The first kappa shape index (κ1) is 49.0. The van der Waals surface area contributed by atoms with E-state index in [1.54, 1.807) is 0 Å². The zero-order valence-corrected chi connectivity index (χ0v) is 42.1. The number of hydrogen-bond acceptors (Lipinski definition) is 7. The summed E-state index contributed by atoms with van der Waals surface area (Å²) in [5.41, 5.74) is 2.27. The molecule has 1 aliphatic heterocycles. The van der Waals surface area contributed by atoms with Gasteiger partial charge in [0, 0.05) is 37.6 Å². The quantitative estimate of drug-likeness (QED) is 0.129. The van der Waals surface area contributed by atoms with E-state index in [4.69, 9.17) is 19.0 Å². The minimum Gasteiger partial charge on any atom is -0.446 e. The highest BCUT2D eigenvalue weighted by molar-refractivity contribution is 7.44. The van der Waals surface area contributed by atoms with Crippen molar-refractivity contribution < 1.29 is 23.4 Å². The fourth-order valence-electron chi connectivity index (χ4n) is 15.4. The van der Waals surface area contributed by atoms with Crippen molar-refractivity contribution in [2.24, 2.45) is 56.2 Å². The summed E-state index contributed by atoms with van der Waals surface area (Å²) in [6.07, 6.45) is 18.1. The number of carbonyl (C=O) groups is 2. The Hall–Kier alpha value is -1.46. The van der Waals surface area contributed by atoms with E-state index in [0.29, 0.717) is 71.4 Å². The Balaban J connectivity index is 0.942. The Morgan fingerprint density at radius 2 is 1.49 bits per heavy atom. The molecule has 1 unspecified atom stereocenters. The number of fused-ring (bicyclic) bond motifs is 7. The topological polar surface area (TPSA) is 104 Å². The second kappa shape index (κ2) is 18.8. The molecule has 0 radical (unpaired) electrons. The van der Waals surface area contributed by atoms with Gasteiger partial charge in [-0.15, -0.1) is 0 Å². The molecule has 6 fully saturated rings. The van der Waals surface area contributed by atoms with Crippen LogP contribution in [0, 0.1) is 67.5 Å². The van der Waals surface area contributed by atoms with Crippen LogP contribution in [0.3, 0.4) is 0 Å². The number of unbranched alkanes of at least 4 members (excludes halogenated alkanes) is 2. The van der Waals surface area contributed by atoms with E-state index in [1.807, 2.05) is 4.90 Å². The van der Waals surface area contributed by atoms with Gasteiger partial charge in [-0.05, 0) is 181 Å². The largest absolute Gasteiger partial charge is 0.446 e. The third kappa shape index (κ3) is 9.47. The van der Waals surface area contributed by atoms with Gasteiger partial charge in [-0.25, -0.2) is 9.46 Å². The molecule has 0 aromatic rings. The number of amides is 2. The molecule has 1 saturated heterocycles. The number of nitriles is 1. The number of carbonyl (C=O) groups excluding carboxylic acids is 2. The molecule has 61 heavy (non-hydrogen) atoms. The number of rotatable bonds is 15. The van der Waals surface area contributed by atoms with Crippen LogP contribution in [0.4, 0.5) is 4.79 Å². The van der Waals surface area contributed by atoms with Crippen molar-refractivity contribution in [2.45, 2.75) is 229 Å². The van der Waals surface area contributed by atoms with Crippen LogP contribution in [-0.4, -0.2) is 71.6 Å². The monoisotopic (exact) mass is 869 g/mol. The van der Waals surface area contributed by atoms with Gasteiger partial charge in [0.25, 0.3) is 8.53 Å². The van der Waals surface area contributed by atoms with Crippen molar-refractivity contribution >= 4 is 20.5 Å². The standard InChI is InChI=1S/C51H89N4O5P/c1-35(2)55(36(3)4)61(58-31-17-29-52)60-39-32-37(5)54(34-39)44(56)18-15-14-16-30-53-45(57)59-40-19-20-41-48(10,38(40)6)22-21-42-49(41,11)26-28-51(13)43-33-46(7,8)23-24-47(43,9)25-27-50(42,51)12/h35-43H,14-28,30-34H2,1-13H3,(H,53,57)/t37-,38+,39-,40+,41-,42+,43-,47-,48-,49+,50-,51+,61?/m1/s1. The predicted octanol–water partition coefficient (Wildman–Crippen LogP) is 12.8. The minimum atomic E-state index is -1.34. The molecule has 6 aliphatic rings. The number of nitrogens with one attached hydrogen (secondary N) is 1. The highest BCUT2D eigenvalue weighted by Gasteiger charge is 2.71. The van der Waals surface area contributed by atoms with E-state index < -0.39 is 8.53 Å². The van der Waals surface area contributed by atoms with Crippen molar-refractivity contribution in [3.63, 3.8) is 0 Å². The second-order valence-corrected chi connectivity index (χ2v) is 25.4. The zero-order valence-electron chi connectivity index (χ0n) is 41.2. The Labute approximate surface area is 374 Å². The van der Waals surface area contributed by atoms with E-state index in [9.17, 15) is 9.59 Å². The molecule has 13 atom stereocenters. The molecular formula is C51H89N4O5P. The average Bonchev–Trinajstić information content (AvgIpc) is 3.55. The van der Waals surface area contributed by atoms with Crippen LogP contribution >= 0.6 is 8.53 Å². The molecule has 2 amide bonds. The number of likely N-dealkylation sites (tertiary alicyclic amines) is 1. The molecule has 9 nitrogen and oxygen atoms in total. The summed E-state index contributed by atoms with van der Waals surface area (Å²) in [7, 11) is -1.34. The normalized spacial score (nSPS) is 41.0. The Morgan fingerprint density at radius 1 is 0.820 bits per heavy atom. The molecule has 0 aromatic heterocycles. The molecule has 10 heteroatoms. The highest BCUT2D eigenvalue weighted by Crippen LogP contribution is 2.78. The van der Waals surface area contributed by atoms with E-state index in [0.717, 1.165) is 50.4 Å². The van der Waals surface area contributed by atoms with Gasteiger partial charge < -0.3 is 24.0 Å². The molecule has 6 rings (SSSR count). The summed E-state index contributed by atoms with van der Waals surface area (Å²) in [4.78, 5) is 28.6. The number of ether oxygens (including phenoxy) is 1. The van der Waals surface area contributed by atoms with Gasteiger partial charge in [-0.1, -0.05) is 61.8 Å². The maximum Gasteiger partial charge on any atom is 0.407 e. The van der Waals surface area contributed by atoms with Crippen molar-refractivity contribution in [1.29, 1.82) is 5.26 Å². The van der Waals surface area contributed by atoms with Crippen molar-refractivity contribution in [3.05, 3.63) is 0 Å². The van der Waals surface area contributed by atoms with Crippen molar-refractivity contribution in [2.75, 3.05) is 19.7 Å². The maximum absolute atomic E-state index is 13.3. The second-order valence-electron chi connectivity index (χ2n) is 24.0. The fourth-order valence-corrected chi connectivity index (χ4v) is 17.1. The van der Waals surface area contributed by atoms with Gasteiger partial charge in [0.1, 0.15) is 6.10 Å². The van der Waals surface area contributed by atoms with E-state index in [2.05, 4.69) is 106 Å². The Morgan fingerprint density at radius 3 is 2.18 bits per heavy atom. The SMILES string of the molecule is CC(C)N(C(C)C)P(OCCC#N)O[C@@H]1C[C@@H](C)N(C(=O)CCCCCNC(=O)O[C@H]2CC[C@@H]3[C@](C)(CC[C@H]4[C@@]3(C)CC[C@@]3(C)[C@@H]5CC(C)(C)CC[C@]5(C)CC[C@]43C)[C@H]2C)C1. The summed E-state index contributed by atoms with van der Waals surface area (Å²) >= 11 is 0. The summed E-state index contributed by atoms with van der Waals surface area (Å²) in [5.74, 6) is 2.76. The molecule has 0 aromatic carbocycles. The summed E-state index contributed by atoms with van der Waals surface area (Å²) in [6.45, 7) is 33.0. The number of nitrogens with zero attached hydrogens (tertiary/aromatic N) is 3. The summed E-state index contributed by atoms with van der Waals surface area (Å²) in [6, 6.07) is 2.74. The molecule has 5 aliphatic carbocycles. The van der Waals surface area contributed by atoms with Gasteiger partial charge in [-0.3, -0.25) is 4.79 Å². The lowest BCUT2D eigenvalue weighted by molar-refractivity contribution is -0.263. The Bertz CT molecular complexity index is 1580. The number of hydrogen-bond donors (Lipinski definition) is 1. The average molecular weight is 869 g/mol. The summed E-state index contributed by atoms with van der Waals surface area (Å²) in [5, 5.41) is 12.1. The molecule has 348 valence electrons. The number of alkyl carbamates (subject to hydrolysis) is 1. The van der Waals surface area contributed by atoms with E-state index in [-0.39, 0.29) is 47.7 Å². The van der Waals surface area contributed by atoms with Gasteiger partial charge in [0.2, 0.25) is 5.91 Å². The van der Waals surface area contributed by atoms with Crippen molar-refractivity contribution in [1.82, 2.24) is 14.9 Å². The molecule has 1 heterocycles. The van der Waals surface area contributed by atoms with Crippen LogP contribution < -0.4 is 5.32 Å². The van der Waals surface area contributed by atoms with E-state index >= 15 is 0 Å². The third-order valence-corrected chi connectivity index (χ3v) is 21.4. The van der Waals surface area contributed by atoms with Gasteiger partial charge in [0.05, 0.1) is 25.2 Å². The first-order chi connectivity index (χ1) is 28.5. The van der Waals surface area contributed by atoms with Gasteiger partial charge in [-0.2, -0.15) is 5.26 Å². The summed E-state index contributed by atoms with van der Waals surface area (Å²) < 4.78 is 21.2. The molecule has 0 bridgehead atoms. The fraction of sp³-hybridized carbons (Fsp3) is 0.941.